The second kappa shape index (κ2) is 9.54. The Hall–Kier alpha value is -2.89. The topological polar surface area (TPSA) is 91.4 Å². The third-order valence-electron chi connectivity index (χ3n) is 5.40. The second-order valence-corrected chi connectivity index (χ2v) is 10.8. The normalized spacial score (nSPS) is 15.4. The van der Waals surface area contributed by atoms with Crippen LogP contribution < -0.4 is 10.6 Å². The first kappa shape index (κ1) is 23.3. The molecule has 1 aromatic heterocycles. The molecule has 11 heteroatoms. The molecule has 1 saturated heterocycles. The molecule has 33 heavy (non-hydrogen) atoms. The van der Waals surface area contributed by atoms with E-state index in [4.69, 9.17) is 0 Å². The SMILES string of the molecule is CS(=O)(=O)N1CCC(c2ncc(-c3ccc(NC(=O)Nc4ccc(F)cc4F)cc3)s2)CC1. The summed E-state index contributed by atoms with van der Waals surface area (Å²) >= 11 is 1.57. The number of hydrogen-bond acceptors (Lipinski definition) is 5. The fraction of sp³-hybridized carbons (Fsp3) is 0.273. The van der Waals surface area contributed by atoms with Gasteiger partial charge in [-0.25, -0.2) is 31.3 Å². The maximum atomic E-state index is 13.7. The van der Waals surface area contributed by atoms with E-state index in [1.807, 2.05) is 12.1 Å². The Morgan fingerprint density at radius 3 is 2.42 bits per heavy atom. The Labute approximate surface area is 194 Å². The van der Waals surface area contributed by atoms with Crippen molar-refractivity contribution in [1.82, 2.24) is 9.29 Å². The van der Waals surface area contributed by atoms with Gasteiger partial charge in [-0.3, -0.25) is 0 Å². The molecule has 0 bridgehead atoms. The number of anilines is 2. The molecule has 4 rings (SSSR count). The van der Waals surface area contributed by atoms with E-state index in [1.165, 1.54) is 10.6 Å². The Kier molecular flexibility index (Phi) is 6.73. The third kappa shape index (κ3) is 5.73. The summed E-state index contributed by atoms with van der Waals surface area (Å²) in [7, 11) is -3.16. The number of nitrogens with zero attached hydrogens (tertiary/aromatic N) is 2. The maximum absolute atomic E-state index is 13.7. The molecular weight excluding hydrogens is 470 g/mol. The van der Waals surface area contributed by atoms with Crippen LogP contribution in [0.25, 0.3) is 10.4 Å². The van der Waals surface area contributed by atoms with Crippen LogP contribution in [-0.2, 0) is 10.0 Å². The summed E-state index contributed by atoms with van der Waals surface area (Å²) in [6.45, 7) is 1.01. The fourth-order valence-electron chi connectivity index (χ4n) is 3.64. The van der Waals surface area contributed by atoms with E-state index in [0.717, 1.165) is 40.4 Å². The Morgan fingerprint density at radius 2 is 1.79 bits per heavy atom. The first-order valence-corrected chi connectivity index (χ1v) is 12.9. The van der Waals surface area contributed by atoms with Gasteiger partial charge in [-0.2, -0.15) is 0 Å². The van der Waals surface area contributed by atoms with Gasteiger partial charge < -0.3 is 10.6 Å². The van der Waals surface area contributed by atoms with Gasteiger partial charge in [0, 0.05) is 37.0 Å². The monoisotopic (exact) mass is 492 g/mol. The Morgan fingerprint density at radius 1 is 1.09 bits per heavy atom. The number of thiazole rings is 1. The van der Waals surface area contributed by atoms with Crippen molar-refractivity contribution >= 4 is 38.8 Å². The van der Waals surface area contributed by atoms with Crippen molar-refractivity contribution in [2.45, 2.75) is 18.8 Å². The quantitative estimate of drug-likeness (QED) is 0.532. The van der Waals surface area contributed by atoms with Crippen molar-refractivity contribution in [3.05, 3.63) is 65.3 Å². The molecule has 0 aliphatic carbocycles. The van der Waals surface area contributed by atoms with Gasteiger partial charge >= 0.3 is 6.03 Å². The van der Waals surface area contributed by atoms with Crippen LogP contribution in [0.15, 0.2) is 48.7 Å². The summed E-state index contributed by atoms with van der Waals surface area (Å²) in [5.74, 6) is -1.35. The Bertz CT molecular complexity index is 1250. The number of nitrogens with one attached hydrogen (secondary N) is 2. The lowest BCUT2D eigenvalue weighted by molar-refractivity contribution is 0.262. The number of carbonyl (C=O) groups excluding carboxylic acids is 1. The summed E-state index contributed by atoms with van der Waals surface area (Å²) in [5, 5.41) is 5.94. The third-order valence-corrected chi connectivity index (χ3v) is 7.91. The van der Waals surface area contributed by atoms with Crippen LogP contribution in [0.1, 0.15) is 23.8 Å². The van der Waals surface area contributed by atoms with Crippen molar-refractivity contribution in [2.24, 2.45) is 0 Å². The number of carbonyl (C=O) groups is 1. The van der Waals surface area contributed by atoms with Crippen molar-refractivity contribution < 1.29 is 22.0 Å². The standard InChI is InChI=1S/C22H22F2N4O3S2/c1-33(30,31)28-10-8-15(9-11-28)21-25-13-20(32-21)14-2-5-17(6-3-14)26-22(29)27-19-7-4-16(23)12-18(19)24/h2-7,12-13,15H,8-11H2,1H3,(H2,26,27,29). The zero-order valence-corrected chi connectivity index (χ0v) is 19.3. The van der Waals surface area contributed by atoms with Gasteiger partial charge in [0.05, 0.1) is 21.8 Å². The van der Waals surface area contributed by atoms with E-state index < -0.39 is 27.7 Å². The predicted molar refractivity (Wildman–Crippen MR) is 125 cm³/mol. The first-order chi connectivity index (χ1) is 15.7. The number of aromatic nitrogens is 1. The van der Waals surface area contributed by atoms with Gasteiger partial charge in [-0.05, 0) is 42.7 Å². The van der Waals surface area contributed by atoms with Gasteiger partial charge in [-0.15, -0.1) is 11.3 Å². The molecule has 0 saturated carbocycles. The fourth-order valence-corrected chi connectivity index (χ4v) is 5.60. The summed E-state index contributed by atoms with van der Waals surface area (Å²) in [4.78, 5) is 17.6. The van der Waals surface area contributed by atoms with Crippen LogP contribution in [0, 0.1) is 11.6 Å². The highest BCUT2D eigenvalue weighted by molar-refractivity contribution is 7.88. The van der Waals surface area contributed by atoms with Gasteiger partial charge in [0.15, 0.2) is 0 Å². The molecule has 3 aromatic rings. The number of piperidine rings is 1. The second-order valence-electron chi connectivity index (χ2n) is 7.78. The van der Waals surface area contributed by atoms with Crippen LogP contribution in [0.2, 0.25) is 0 Å². The number of amides is 2. The molecule has 0 atom stereocenters. The minimum absolute atomic E-state index is 0.120. The number of hydrogen-bond donors (Lipinski definition) is 2. The van der Waals surface area contributed by atoms with Gasteiger partial charge in [-0.1, -0.05) is 12.1 Å². The van der Waals surface area contributed by atoms with Crippen LogP contribution in [0.3, 0.4) is 0 Å². The summed E-state index contributed by atoms with van der Waals surface area (Å²) < 4.78 is 51.5. The lowest BCUT2D eigenvalue weighted by atomic mass is 9.99. The van der Waals surface area contributed by atoms with Crippen LogP contribution in [0.5, 0.6) is 0 Å². The molecule has 1 aliphatic rings. The molecule has 1 aliphatic heterocycles. The smallest absolute Gasteiger partial charge is 0.308 e. The molecule has 0 radical (unpaired) electrons. The van der Waals surface area contributed by atoms with E-state index in [9.17, 15) is 22.0 Å². The number of halogens is 2. The zero-order valence-electron chi connectivity index (χ0n) is 17.7. The van der Waals surface area contributed by atoms with E-state index in [0.29, 0.717) is 24.8 Å². The van der Waals surface area contributed by atoms with E-state index >= 15 is 0 Å². The lowest BCUT2D eigenvalue weighted by Gasteiger charge is -2.29. The predicted octanol–water partition coefficient (Wildman–Crippen LogP) is 4.87. The van der Waals surface area contributed by atoms with Crippen LogP contribution >= 0.6 is 11.3 Å². The van der Waals surface area contributed by atoms with Crippen molar-refractivity contribution in [1.29, 1.82) is 0 Å². The number of rotatable bonds is 5. The molecule has 2 amide bonds. The van der Waals surface area contributed by atoms with Gasteiger partial charge in [0.1, 0.15) is 11.6 Å². The molecular formula is C22H22F2N4O3S2. The molecule has 0 unspecified atom stereocenters. The molecule has 7 nitrogen and oxygen atoms in total. The number of urea groups is 1. The summed E-state index contributed by atoms with van der Waals surface area (Å²) in [6.07, 6.45) is 4.52. The van der Waals surface area contributed by atoms with E-state index in [2.05, 4.69) is 15.6 Å². The minimum Gasteiger partial charge on any atom is -0.308 e. The Balaban J connectivity index is 1.36. The molecule has 2 heterocycles. The summed E-state index contributed by atoms with van der Waals surface area (Å²) in [5.41, 5.74) is 1.32. The zero-order chi connectivity index (χ0) is 23.6. The minimum atomic E-state index is -3.16. The first-order valence-electron chi connectivity index (χ1n) is 10.2. The molecule has 0 spiro atoms. The van der Waals surface area contributed by atoms with E-state index in [-0.39, 0.29) is 11.6 Å². The van der Waals surface area contributed by atoms with E-state index in [1.54, 1.807) is 29.7 Å². The molecule has 174 valence electrons. The largest absolute Gasteiger partial charge is 0.323 e. The molecule has 2 N–H and O–H groups in total. The highest BCUT2D eigenvalue weighted by Crippen LogP contribution is 2.35. The highest BCUT2D eigenvalue weighted by atomic mass is 32.2. The molecule has 2 aromatic carbocycles. The highest BCUT2D eigenvalue weighted by Gasteiger charge is 2.27. The maximum Gasteiger partial charge on any atom is 0.323 e. The van der Waals surface area contributed by atoms with Crippen LogP contribution in [0.4, 0.5) is 25.0 Å². The number of sulfonamides is 1. The number of benzene rings is 2. The van der Waals surface area contributed by atoms with Gasteiger partial charge in [0.2, 0.25) is 10.0 Å². The van der Waals surface area contributed by atoms with Crippen LogP contribution in [-0.4, -0.2) is 43.1 Å². The summed E-state index contributed by atoms with van der Waals surface area (Å²) in [6, 6.07) is 9.40. The average Bonchev–Trinajstić information content (AvgIpc) is 3.26. The molecule has 1 fully saturated rings. The van der Waals surface area contributed by atoms with Gasteiger partial charge in [0.25, 0.3) is 0 Å². The average molecular weight is 493 g/mol. The van der Waals surface area contributed by atoms with Crippen molar-refractivity contribution in [2.75, 3.05) is 30.0 Å². The lowest BCUT2D eigenvalue weighted by Crippen LogP contribution is -2.37. The van der Waals surface area contributed by atoms with Crippen molar-refractivity contribution in [3.8, 4) is 10.4 Å². The van der Waals surface area contributed by atoms with Crippen molar-refractivity contribution in [3.63, 3.8) is 0 Å².